The highest BCUT2D eigenvalue weighted by molar-refractivity contribution is 5.63. The molecule has 1 unspecified atom stereocenters. The third kappa shape index (κ3) is 2.58. The van der Waals surface area contributed by atoms with Crippen LogP contribution in [0.5, 0.6) is 0 Å². The minimum Gasteiger partial charge on any atom is -0.377 e. The normalized spacial score (nSPS) is 12.4. The molecule has 2 N–H and O–H groups in total. The summed E-state index contributed by atoms with van der Waals surface area (Å²) in [4.78, 5) is 4.40. The van der Waals surface area contributed by atoms with Gasteiger partial charge in [-0.15, -0.1) is 0 Å². The zero-order valence-corrected chi connectivity index (χ0v) is 10.8. The van der Waals surface area contributed by atoms with Crippen LogP contribution in [0, 0.1) is 0 Å². The summed E-state index contributed by atoms with van der Waals surface area (Å²) in [6.07, 6.45) is 1.90. The van der Waals surface area contributed by atoms with Gasteiger partial charge in [-0.25, -0.2) is 0 Å². The molecule has 3 nitrogen and oxygen atoms in total. The van der Waals surface area contributed by atoms with Crippen LogP contribution in [0.15, 0.2) is 42.6 Å². The molecule has 0 saturated heterocycles. The molecule has 0 fully saturated rings. The van der Waals surface area contributed by atoms with Gasteiger partial charge >= 0.3 is 0 Å². The summed E-state index contributed by atoms with van der Waals surface area (Å²) in [6.45, 7) is 2.53. The number of rotatable bonds is 4. The third-order valence-corrected chi connectivity index (χ3v) is 3.12. The van der Waals surface area contributed by atoms with Gasteiger partial charge in [-0.2, -0.15) is 0 Å². The van der Waals surface area contributed by atoms with Gasteiger partial charge in [0, 0.05) is 25.4 Å². The Hall–Kier alpha value is -1.71. The second-order valence-electron chi connectivity index (χ2n) is 4.22. The first kappa shape index (κ1) is 12.7. The average Bonchev–Trinajstić information content (AvgIpc) is 2.46. The second-order valence-corrected chi connectivity index (χ2v) is 4.22. The number of nitrogens with two attached hydrogens (primary N) is 1. The average molecular weight is 242 g/mol. The van der Waals surface area contributed by atoms with Gasteiger partial charge in [0.2, 0.25) is 0 Å². The molecule has 1 heterocycles. The number of hydrogen-bond acceptors (Lipinski definition) is 3. The minimum absolute atomic E-state index is 0.108. The van der Waals surface area contributed by atoms with Crippen molar-refractivity contribution in [3.63, 3.8) is 0 Å². The molecule has 0 spiro atoms. The summed E-state index contributed by atoms with van der Waals surface area (Å²) < 4.78 is 5.29. The molecule has 2 rings (SSSR count). The standard InChI is InChI=1S/C15H18N2O/c1-11(18-2)12-5-7-13(8-6-12)15-14(10-16)4-3-9-17-15/h3-9,11H,10,16H2,1-2H3. The maximum absolute atomic E-state index is 5.73. The predicted molar refractivity (Wildman–Crippen MR) is 73.0 cm³/mol. The SMILES string of the molecule is COC(C)c1ccc(-c2ncccc2CN)cc1. The van der Waals surface area contributed by atoms with Crippen LogP contribution >= 0.6 is 0 Å². The van der Waals surface area contributed by atoms with Crippen LogP contribution in [0.1, 0.15) is 24.2 Å². The Labute approximate surface area is 108 Å². The predicted octanol–water partition coefficient (Wildman–Crippen LogP) is 2.91. The van der Waals surface area contributed by atoms with E-state index in [1.54, 1.807) is 13.3 Å². The molecule has 0 aliphatic rings. The van der Waals surface area contributed by atoms with E-state index >= 15 is 0 Å². The van der Waals surface area contributed by atoms with E-state index in [4.69, 9.17) is 10.5 Å². The van der Waals surface area contributed by atoms with Gasteiger partial charge in [0.25, 0.3) is 0 Å². The fourth-order valence-corrected chi connectivity index (χ4v) is 1.91. The van der Waals surface area contributed by atoms with Crippen molar-refractivity contribution in [1.82, 2.24) is 4.98 Å². The van der Waals surface area contributed by atoms with Gasteiger partial charge in [0.1, 0.15) is 0 Å². The maximum atomic E-state index is 5.73. The minimum atomic E-state index is 0.108. The van der Waals surface area contributed by atoms with Crippen molar-refractivity contribution in [3.8, 4) is 11.3 Å². The number of benzene rings is 1. The van der Waals surface area contributed by atoms with Gasteiger partial charge < -0.3 is 10.5 Å². The third-order valence-electron chi connectivity index (χ3n) is 3.12. The summed E-state index contributed by atoms with van der Waals surface area (Å²) >= 11 is 0. The van der Waals surface area contributed by atoms with Crippen LogP contribution < -0.4 is 5.73 Å². The van der Waals surface area contributed by atoms with Gasteiger partial charge in [-0.3, -0.25) is 4.98 Å². The molecule has 0 radical (unpaired) electrons. The molecule has 3 heteroatoms. The van der Waals surface area contributed by atoms with Crippen LogP contribution in [0.4, 0.5) is 0 Å². The van der Waals surface area contributed by atoms with Gasteiger partial charge in [-0.1, -0.05) is 30.3 Å². The van der Waals surface area contributed by atoms with E-state index in [1.807, 2.05) is 19.1 Å². The van der Waals surface area contributed by atoms with Crippen molar-refractivity contribution in [1.29, 1.82) is 0 Å². The molecule has 0 saturated carbocycles. The summed E-state index contributed by atoms with van der Waals surface area (Å²) in [6, 6.07) is 12.2. The van der Waals surface area contributed by atoms with E-state index in [9.17, 15) is 0 Å². The molecule has 1 aromatic heterocycles. The van der Waals surface area contributed by atoms with Crippen LogP contribution in [0.25, 0.3) is 11.3 Å². The quantitative estimate of drug-likeness (QED) is 0.896. The lowest BCUT2D eigenvalue weighted by atomic mass is 10.0. The molecule has 2 aromatic rings. The summed E-state index contributed by atoms with van der Waals surface area (Å²) in [7, 11) is 1.71. The smallest absolute Gasteiger partial charge is 0.0793 e. The lowest BCUT2D eigenvalue weighted by molar-refractivity contribution is 0.119. The molecule has 0 bridgehead atoms. The van der Waals surface area contributed by atoms with E-state index in [-0.39, 0.29) is 6.10 Å². The number of nitrogens with zero attached hydrogens (tertiary/aromatic N) is 1. The molecule has 0 aliphatic heterocycles. The van der Waals surface area contributed by atoms with Gasteiger partial charge in [0.15, 0.2) is 0 Å². The number of pyridine rings is 1. The molecule has 94 valence electrons. The zero-order valence-electron chi connectivity index (χ0n) is 10.8. The molecule has 0 amide bonds. The van der Waals surface area contributed by atoms with Crippen LogP contribution in [0.3, 0.4) is 0 Å². The Kier molecular flexibility index (Phi) is 4.07. The van der Waals surface area contributed by atoms with Gasteiger partial charge in [0.05, 0.1) is 11.8 Å². The highest BCUT2D eigenvalue weighted by atomic mass is 16.5. The molecule has 1 atom stereocenters. The fraction of sp³-hybridized carbons (Fsp3) is 0.267. The van der Waals surface area contributed by atoms with E-state index in [0.717, 1.165) is 22.4 Å². The first-order chi connectivity index (χ1) is 8.76. The molecule has 18 heavy (non-hydrogen) atoms. The molecule has 0 aliphatic carbocycles. The van der Waals surface area contributed by atoms with Crippen LogP contribution in [0.2, 0.25) is 0 Å². The summed E-state index contributed by atoms with van der Waals surface area (Å²) in [5, 5.41) is 0. The van der Waals surface area contributed by atoms with E-state index in [1.165, 1.54) is 0 Å². The number of hydrogen-bond donors (Lipinski definition) is 1. The topological polar surface area (TPSA) is 48.1 Å². The highest BCUT2D eigenvalue weighted by Crippen LogP contribution is 2.23. The number of methoxy groups -OCH3 is 1. The first-order valence-electron chi connectivity index (χ1n) is 6.03. The van der Waals surface area contributed by atoms with Crippen molar-refractivity contribution in [2.24, 2.45) is 5.73 Å². The fourth-order valence-electron chi connectivity index (χ4n) is 1.91. The Balaban J connectivity index is 2.34. The Morgan fingerprint density at radius 3 is 2.56 bits per heavy atom. The van der Waals surface area contributed by atoms with Crippen molar-refractivity contribution in [2.75, 3.05) is 7.11 Å². The molecular weight excluding hydrogens is 224 g/mol. The Morgan fingerprint density at radius 2 is 1.94 bits per heavy atom. The Morgan fingerprint density at radius 1 is 1.22 bits per heavy atom. The van der Waals surface area contributed by atoms with E-state index in [2.05, 4.69) is 29.2 Å². The largest absolute Gasteiger partial charge is 0.377 e. The summed E-state index contributed by atoms with van der Waals surface area (Å²) in [5.74, 6) is 0. The van der Waals surface area contributed by atoms with Crippen molar-refractivity contribution < 1.29 is 4.74 Å². The summed E-state index contributed by atoms with van der Waals surface area (Å²) in [5.41, 5.74) is 9.99. The number of ether oxygens (including phenoxy) is 1. The highest BCUT2D eigenvalue weighted by Gasteiger charge is 2.07. The molecular formula is C15H18N2O. The van der Waals surface area contributed by atoms with Crippen LogP contribution in [-0.2, 0) is 11.3 Å². The molecule has 1 aromatic carbocycles. The van der Waals surface area contributed by atoms with Gasteiger partial charge in [-0.05, 0) is 24.1 Å². The lowest BCUT2D eigenvalue weighted by Crippen LogP contribution is -2.01. The number of aromatic nitrogens is 1. The zero-order chi connectivity index (χ0) is 13.0. The Bertz CT molecular complexity index is 508. The lowest BCUT2D eigenvalue weighted by Gasteiger charge is -2.11. The maximum Gasteiger partial charge on any atom is 0.0793 e. The van der Waals surface area contributed by atoms with Crippen LogP contribution in [-0.4, -0.2) is 12.1 Å². The van der Waals surface area contributed by atoms with E-state index < -0.39 is 0 Å². The van der Waals surface area contributed by atoms with E-state index in [0.29, 0.717) is 6.54 Å². The van der Waals surface area contributed by atoms with Crippen molar-refractivity contribution in [3.05, 3.63) is 53.7 Å². The first-order valence-corrected chi connectivity index (χ1v) is 6.03. The van der Waals surface area contributed by atoms with Crippen molar-refractivity contribution >= 4 is 0 Å². The van der Waals surface area contributed by atoms with Crippen molar-refractivity contribution in [2.45, 2.75) is 19.6 Å². The monoisotopic (exact) mass is 242 g/mol. The second kappa shape index (κ2) is 5.76.